The number of amides is 2. The van der Waals surface area contributed by atoms with E-state index in [1.54, 1.807) is 29.6 Å². The molecule has 0 unspecified atom stereocenters. The number of nitrogens with zero attached hydrogens (tertiary/aromatic N) is 1. The van der Waals surface area contributed by atoms with E-state index in [1.165, 1.54) is 6.08 Å². The summed E-state index contributed by atoms with van der Waals surface area (Å²) >= 11 is 0. The van der Waals surface area contributed by atoms with Crippen LogP contribution in [0.25, 0.3) is 0 Å². The van der Waals surface area contributed by atoms with Crippen molar-refractivity contribution in [1.29, 1.82) is 5.53 Å². The van der Waals surface area contributed by atoms with Gasteiger partial charge in [0.25, 0.3) is 11.8 Å². The molecule has 0 aliphatic heterocycles. The molecule has 24 heavy (non-hydrogen) atoms. The molecule has 126 valence electrons. The van der Waals surface area contributed by atoms with Gasteiger partial charge in [0.05, 0.1) is 0 Å². The first-order chi connectivity index (χ1) is 11.6. The van der Waals surface area contributed by atoms with Crippen LogP contribution in [0.4, 0.5) is 5.69 Å². The maximum atomic E-state index is 12.1. The summed E-state index contributed by atoms with van der Waals surface area (Å²) in [4.78, 5) is 23.9. The minimum absolute atomic E-state index is 0.0321. The summed E-state index contributed by atoms with van der Waals surface area (Å²) in [7, 11) is 0. The molecule has 1 fully saturated rings. The van der Waals surface area contributed by atoms with Crippen molar-refractivity contribution in [3.05, 3.63) is 53.9 Å². The number of allylic oxidation sites excluding steroid dienone is 1. The summed E-state index contributed by atoms with van der Waals surface area (Å²) in [5, 5.41) is 10.6. The lowest BCUT2D eigenvalue weighted by molar-refractivity contribution is -0.513. The van der Waals surface area contributed by atoms with Crippen LogP contribution in [0.15, 0.2) is 53.4 Å². The van der Waals surface area contributed by atoms with Crippen molar-refractivity contribution in [2.45, 2.75) is 25.8 Å². The van der Waals surface area contributed by atoms with Gasteiger partial charge in [-0.15, -0.1) is 5.11 Å². The molecule has 0 radical (unpaired) electrons. The molecule has 0 aromatic heterocycles. The van der Waals surface area contributed by atoms with E-state index in [0.29, 0.717) is 17.8 Å². The number of hydrogen-bond acceptors (Lipinski definition) is 4. The van der Waals surface area contributed by atoms with E-state index in [0.717, 1.165) is 18.5 Å². The Kier molecular flexibility index (Phi) is 5.97. The third-order valence-electron chi connectivity index (χ3n) is 3.57. The van der Waals surface area contributed by atoms with Gasteiger partial charge in [0.15, 0.2) is 5.70 Å². The fourth-order valence-corrected chi connectivity index (χ4v) is 2.12. The van der Waals surface area contributed by atoms with Crippen LogP contribution in [0.1, 0.15) is 30.1 Å². The van der Waals surface area contributed by atoms with Gasteiger partial charge in [0.2, 0.25) is 5.70 Å². The third kappa shape index (κ3) is 4.60. The predicted molar refractivity (Wildman–Crippen MR) is 89.6 cm³/mol. The minimum atomic E-state index is -0.363. The van der Waals surface area contributed by atoms with Crippen LogP contribution in [0.2, 0.25) is 0 Å². The summed E-state index contributed by atoms with van der Waals surface area (Å²) in [6.45, 7) is 6.13. The second kappa shape index (κ2) is 8.16. The predicted octanol–water partition coefficient (Wildman–Crippen LogP) is 1.34. The van der Waals surface area contributed by atoms with Gasteiger partial charge < -0.3 is 10.6 Å². The summed E-state index contributed by atoms with van der Waals surface area (Å²) in [6.07, 6.45) is 3.43. The second-order valence-corrected chi connectivity index (χ2v) is 5.49. The third-order valence-corrected chi connectivity index (χ3v) is 3.57. The van der Waals surface area contributed by atoms with Crippen LogP contribution in [0, 0.1) is 5.53 Å². The average molecular weight is 328 g/mol. The first-order valence-corrected chi connectivity index (χ1v) is 7.87. The van der Waals surface area contributed by atoms with E-state index < -0.39 is 0 Å². The lowest BCUT2D eigenvalue weighted by atomic mass is 10.2. The fraction of sp³-hybridized carbons (Fsp3) is 0.294. The van der Waals surface area contributed by atoms with Crippen molar-refractivity contribution < 1.29 is 14.9 Å². The van der Waals surface area contributed by atoms with Crippen molar-refractivity contribution in [1.82, 2.24) is 10.6 Å². The van der Waals surface area contributed by atoms with E-state index in [9.17, 15) is 9.59 Å². The van der Waals surface area contributed by atoms with E-state index in [-0.39, 0.29) is 23.6 Å². The smallest absolute Gasteiger partial charge is 0.278 e. The molecule has 1 aliphatic rings. The molecule has 7 heteroatoms. The van der Waals surface area contributed by atoms with Gasteiger partial charge in [-0.05, 0) is 38.0 Å². The molecule has 5 N–H and O–H groups in total. The second-order valence-electron chi connectivity index (χ2n) is 5.49. The molecule has 2 rings (SSSR count). The molecule has 1 saturated carbocycles. The van der Waals surface area contributed by atoms with E-state index in [4.69, 9.17) is 5.53 Å². The first kappa shape index (κ1) is 17.6. The largest absolute Gasteiger partial charge is 0.352 e. The molecular weight excluding hydrogens is 306 g/mol. The number of nitrogens with one attached hydrogen (secondary N) is 3. The van der Waals surface area contributed by atoms with Crippen LogP contribution in [0.3, 0.4) is 0 Å². The molecule has 0 saturated heterocycles. The van der Waals surface area contributed by atoms with Crippen molar-refractivity contribution in [2.75, 3.05) is 6.54 Å². The fourth-order valence-electron chi connectivity index (χ4n) is 2.12. The zero-order valence-electron chi connectivity index (χ0n) is 13.6. The maximum absolute atomic E-state index is 12.1. The Morgan fingerprint density at radius 1 is 1.38 bits per heavy atom. The average Bonchev–Trinajstić information content (AvgIpc) is 3.39. The highest BCUT2D eigenvalue weighted by Crippen LogP contribution is 2.19. The standard InChI is InChI=1S/C17H21N5O2/c1-3-14(15(22-18)17(24)21-13-9-10-13)20-12-7-5-11(6-8-12)16(23)19-4-2/h3,5-8,13,18,20H,1,4,9-10H2,2H3,(H,19,23)(H,21,24)/p+1/b15-14-,22-18?. The van der Waals surface area contributed by atoms with Gasteiger partial charge in [-0.3, -0.25) is 14.9 Å². The quantitative estimate of drug-likeness (QED) is 0.250. The number of quaternary nitrogens is 1. The van der Waals surface area contributed by atoms with Crippen molar-refractivity contribution in [2.24, 2.45) is 5.11 Å². The Balaban J connectivity index is 2.14. The van der Waals surface area contributed by atoms with Crippen LogP contribution in [-0.2, 0) is 4.79 Å². The highest BCUT2D eigenvalue weighted by molar-refractivity contribution is 5.94. The Hall–Kier alpha value is -2.80. The number of carbonyl (C=O) groups is 2. The number of hydrogen-bond donors (Lipinski definition) is 4. The molecular formula is C17H22N5O2+. The van der Waals surface area contributed by atoms with E-state index >= 15 is 0 Å². The van der Waals surface area contributed by atoms with Crippen molar-refractivity contribution >= 4 is 17.5 Å². The van der Waals surface area contributed by atoms with Crippen LogP contribution < -0.4 is 16.0 Å². The number of benzene rings is 1. The molecule has 0 atom stereocenters. The topological polar surface area (TPSA) is 111 Å². The SMILES string of the molecule is C=C/C([NH2+]c1ccc(C(=O)NCC)cc1)=C(/N=N)C(=O)NC1CC1. The van der Waals surface area contributed by atoms with Gasteiger partial charge in [-0.25, -0.2) is 5.53 Å². The normalized spacial score (nSPS) is 14.4. The molecule has 7 nitrogen and oxygen atoms in total. The summed E-state index contributed by atoms with van der Waals surface area (Å²) in [5.74, 6) is -0.494. The Morgan fingerprint density at radius 2 is 2.04 bits per heavy atom. The Morgan fingerprint density at radius 3 is 2.54 bits per heavy atom. The van der Waals surface area contributed by atoms with Crippen molar-refractivity contribution in [3.63, 3.8) is 0 Å². The minimum Gasteiger partial charge on any atom is -0.352 e. The summed E-state index contributed by atoms with van der Waals surface area (Å²) in [5.41, 5.74) is 9.13. The molecule has 1 aromatic rings. The Bertz CT molecular complexity index is 675. The molecule has 2 amide bonds. The molecule has 1 aliphatic carbocycles. The molecule has 1 aromatic carbocycles. The number of nitrogens with two attached hydrogens (primary N) is 1. The van der Waals surface area contributed by atoms with Gasteiger partial charge in [0.1, 0.15) is 5.69 Å². The lowest BCUT2D eigenvalue weighted by Gasteiger charge is -2.07. The summed E-state index contributed by atoms with van der Waals surface area (Å²) in [6, 6.07) is 7.15. The Labute approximate surface area is 140 Å². The molecule has 0 heterocycles. The zero-order chi connectivity index (χ0) is 17.5. The molecule has 0 spiro atoms. The maximum Gasteiger partial charge on any atom is 0.278 e. The van der Waals surface area contributed by atoms with E-state index in [2.05, 4.69) is 22.3 Å². The van der Waals surface area contributed by atoms with Crippen LogP contribution in [-0.4, -0.2) is 24.4 Å². The lowest BCUT2D eigenvalue weighted by Crippen LogP contribution is -2.76. The number of rotatable bonds is 8. The highest BCUT2D eigenvalue weighted by Gasteiger charge is 2.27. The summed E-state index contributed by atoms with van der Waals surface area (Å²) < 4.78 is 0. The van der Waals surface area contributed by atoms with Gasteiger partial charge >= 0.3 is 0 Å². The monoisotopic (exact) mass is 328 g/mol. The molecule has 0 bridgehead atoms. The first-order valence-electron chi connectivity index (χ1n) is 7.87. The van der Waals surface area contributed by atoms with Gasteiger partial charge in [-0.2, -0.15) is 0 Å². The van der Waals surface area contributed by atoms with Gasteiger partial charge in [-0.1, -0.05) is 6.58 Å². The van der Waals surface area contributed by atoms with Gasteiger partial charge in [0, 0.05) is 30.3 Å². The van der Waals surface area contributed by atoms with Crippen LogP contribution in [0.5, 0.6) is 0 Å². The van der Waals surface area contributed by atoms with Crippen molar-refractivity contribution in [3.8, 4) is 0 Å². The van der Waals surface area contributed by atoms with E-state index in [1.807, 2.05) is 6.92 Å². The van der Waals surface area contributed by atoms with Crippen LogP contribution >= 0.6 is 0 Å². The zero-order valence-corrected chi connectivity index (χ0v) is 13.6. The highest BCUT2D eigenvalue weighted by atomic mass is 16.2. The number of carbonyl (C=O) groups excluding carboxylic acids is 2.